The highest BCUT2D eigenvalue weighted by atomic mass is 16.6. The molecule has 0 heterocycles. The molecule has 0 saturated carbocycles. The van der Waals surface area contributed by atoms with Crippen molar-refractivity contribution in [2.75, 3.05) is 20.3 Å². The molecule has 30 heavy (non-hydrogen) atoms. The van der Waals surface area contributed by atoms with E-state index in [1.807, 2.05) is 0 Å². The third-order valence-electron chi connectivity index (χ3n) is 4.74. The van der Waals surface area contributed by atoms with Crippen LogP contribution >= 0.6 is 0 Å². The van der Waals surface area contributed by atoms with Crippen molar-refractivity contribution in [3.63, 3.8) is 0 Å². The number of benzene rings is 2. The summed E-state index contributed by atoms with van der Waals surface area (Å²) in [4.78, 5) is 38.8. The summed E-state index contributed by atoms with van der Waals surface area (Å²) < 4.78 is 15.6. The van der Waals surface area contributed by atoms with Crippen molar-refractivity contribution in [1.29, 1.82) is 0 Å². The Morgan fingerprint density at radius 1 is 0.900 bits per heavy atom. The van der Waals surface area contributed by atoms with E-state index >= 15 is 0 Å². The molecule has 2 rings (SSSR count). The largest absolute Gasteiger partial charge is 0.497 e. The van der Waals surface area contributed by atoms with Crippen molar-refractivity contribution in [1.82, 2.24) is 5.32 Å². The van der Waals surface area contributed by atoms with Gasteiger partial charge in [0.05, 0.1) is 26.4 Å². The molecule has 0 spiro atoms. The minimum Gasteiger partial charge on any atom is -0.497 e. The fourth-order valence-electron chi connectivity index (χ4n) is 3.04. The Balaban J connectivity index is 2.55. The molecule has 0 aliphatic heterocycles. The highest BCUT2D eigenvalue weighted by molar-refractivity contribution is 6.02. The van der Waals surface area contributed by atoms with Crippen molar-refractivity contribution >= 4 is 17.8 Å². The molecule has 160 valence electrons. The highest BCUT2D eigenvalue weighted by Gasteiger charge is 2.52. The van der Waals surface area contributed by atoms with Gasteiger partial charge in [-0.15, -0.1) is 0 Å². The van der Waals surface area contributed by atoms with Gasteiger partial charge in [0.1, 0.15) is 5.75 Å². The average molecular weight is 413 g/mol. The number of nitrogens with one attached hydrogen (secondary N) is 1. The first-order chi connectivity index (χ1) is 14.4. The van der Waals surface area contributed by atoms with Crippen LogP contribution in [-0.2, 0) is 19.1 Å². The molecule has 0 radical (unpaired) electrons. The molecule has 7 heteroatoms. The first kappa shape index (κ1) is 22.9. The van der Waals surface area contributed by atoms with E-state index in [0.29, 0.717) is 16.9 Å². The van der Waals surface area contributed by atoms with Crippen molar-refractivity contribution in [3.8, 4) is 5.75 Å². The van der Waals surface area contributed by atoms with Crippen LogP contribution in [0.3, 0.4) is 0 Å². The summed E-state index contributed by atoms with van der Waals surface area (Å²) in [5.41, 5.74) is -0.875. The second kappa shape index (κ2) is 10.4. The molecule has 2 aromatic carbocycles. The Morgan fingerprint density at radius 2 is 1.43 bits per heavy atom. The molecule has 2 aromatic rings. The van der Waals surface area contributed by atoms with E-state index < -0.39 is 29.3 Å². The van der Waals surface area contributed by atoms with Gasteiger partial charge in [0.2, 0.25) is 0 Å². The molecule has 1 amide bonds. The zero-order chi connectivity index (χ0) is 22.1. The monoisotopic (exact) mass is 413 g/mol. The fraction of sp³-hybridized carbons (Fsp3) is 0.348. The van der Waals surface area contributed by atoms with Crippen LogP contribution in [-0.4, -0.2) is 38.2 Å². The first-order valence-corrected chi connectivity index (χ1v) is 9.72. The molecular weight excluding hydrogens is 386 g/mol. The van der Waals surface area contributed by atoms with E-state index in [1.165, 1.54) is 14.0 Å². The zero-order valence-corrected chi connectivity index (χ0v) is 17.6. The summed E-state index contributed by atoms with van der Waals surface area (Å²) in [6, 6.07) is 14.3. The van der Waals surface area contributed by atoms with Crippen LogP contribution in [0.1, 0.15) is 42.7 Å². The standard InChI is InChI=1S/C23H27NO6/c1-5-29-21(26)23(3,22(27)30-6-2)19(16-12-14-18(28-4)15-13-16)24-20(25)17-10-8-7-9-11-17/h7-15,19H,5-6H2,1-4H3,(H,24,25). The lowest BCUT2D eigenvalue weighted by molar-refractivity contribution is -0.173. The first-order valence-electron chi connectivity index (χ1n) is 9.72. The summed E-state index contributed by atoms with van der Waals surface area (Å²) in [5, 5.41) is 2.82. The third-order valence-corrected chi connectivity index (χ3v) is 4.74. The Bertz CT molecular complexity index is 845. The third kappa shape index (κ3) is 4.97. The van der Waals surface area contributed by atoms with Gasteiger partial charge in [-0.3, -0.25) is 14.4 Å². The van der Waals surface area contributed by atoms with Gasteiger partial charge in [-0.05, 0) is 50.6 Å². The van der Waals surface area contributed by atoms with Crippen molar-refractivity contribution < 1.29 is 28.6 Å². The Morgan fingerprint density at radius 3 is 1.90 bits per heavy atom. The number of hydrogen-bond acceptors (Lipinski definition) is 6. The molecule has 1 N–H and O–H groups in total. The smallest absolute Gasteiger partial charge is 0.325 e. The van der Waals surface area contributed by atoms with E-state index in [4.69, 9.17) is 14.2 Å². The molecule has 0 bridgehead atoms. The molecule has 0 aliphatic carbocycles. The van der Waals surface area contributed by atoms with Gasteiger partial charge in [-0.1, -0.05) is 30.3 Å². The van der Waals surface area contributed by atoms with Crippen LogP contribution in [0.25, 0.3) is 0 Å². The van der Waals surface area contributed by atoms with Crippen molar-refractivity contribution in [2.24, 2.45) is 5.41 Å². The summed E-state index contributed by atoms with van der Waals surface area (Å²) in [5.74, 6) is -1.40. The lowest BCUT2D eigenvalue weighted by Crippen LogP contribution is -2.50. The molecule has 0 fully saturated rings. The maximum atomic E-state index is 12.9. The molecule has 0 saturated heterocycles. The number of carbonyl (C=O) groups excluding carboxylic acids is 3. The summed E-state index contributed by atoms with van der Waals surface area (Å²) in [6.45, 7) is 4.87. The summed E-state index contributed by atoms with van der Waals surface area (Å²) >= 11 is 0. The number of methoxy groups -OCH3 is 1. The lowest BCUT2D eigenvalue weighted by atomic mass is 9.78. The predicted molar refractivity (Wildman–Crippen MR) is 111 cm³/mol. The van der Waals surface area contributed by atoms with Gasteiger partial charge in [0.15, 0.2) is 5.41 Å². The number of hydrogen-bond donors (Lipinski definition) is 1. The minimum atomic E-state index is -1.80. The Hall–Kier alpha value is -3.35. The maximum absolute atomic E-state index is 12.9. The van der Waals surface area contributed by atoms with E-state index in [1.54, 1.807) is 68.4 Å². The number of amides is 1. The van der Waals surface area contributed by atoms with Crippen LogP contribution in [0.5, 0.6) is 5.75 Å². The molecule has 1 unspecified atom stereocenters. The Kier molecular flexibility index (Phi) is 7.98. The van der Waals surface area contributed by atoms with Crippen LogP contribution in [0.15, 0.2) is 54.6 Å². The summed E-state index contributed by atoms with van der Waals surface area (Å²) in [6.07, 6.45) is 0. The molecule has 0 aromatic heterocycles. The molecule has 7 nitrogen and oxygen atoms in total. The second-order valence-corrected chi connectivity index (χ2v) is 6.69. The summed E-state index contributed by atoms with van der Waals surface area (Å²) in [7, 11) is 1.53. The van der Waals surface area contributed by atoms with Gasteiger partial charge in [0, 0.05) is 5.56 Å². The maximum Gasteiger partial charge on any atom is 0.325 e. The fourth-order valence-corrected chi connectivity index (χ4v) is 3.04. The van der Waals surface area contributed by atoms with E-state index in [-0.39, 0.29) is 13.2 Å². The van der Waals surface area contributed by atoms with Crippen LogP contribution in [0.2, 0.25) is 0 Å². The van der Waals surface area contributed by atoms with Crippen LogP contribution in [0, 0.1) is 5.41 Å². The average Bonchev–Trinajstić information content (AvgIpc) is 2.77. The number of esters is 2. The number of ether oxygens (including phenoxy) is 3. The lowest BCUT2D eigenvalue weighted by Gasteiger charge is -2.34. The Labute approximate surface area is 176 Å². The van der Waals surface area contributed by atoms with Gasteiger partial charge in [-0.2, -0.15) is 0 Å². The normalized spacial score (nSPS) is 11.9. The van der Waals surface area contributed by atoms with Crippen molar-refractivity contribution in [3.05, 3.63) is 65.7 Å². The second-order valence-electron chi connectivity index (χ2n) is 6.69. The SMILES string of the molecule is CCOC(=O)C(C)(C(=O)OCC)C(NC(=O)c1ccccc1)c1ccc(OC)cc1. The molecule has 1 atom stereocenters. The van der Waals surface area contributed by atoms with Gasteiger partial charge in [-0.25, -0.2) is 0 Å². The van der Waals surface area contributed by atoms with Gasteiger partial charge in [0.25, 0.3) is 5.91 Å². The van der Waals surface area contributed by atoms with E-state index in [2.05, 4.69) is 5.32 Å². The predicted octanol–water partition coefficient (Wildman–Crippen LogP) is 3.30. The minimum absolute atomic E-state index is 0.0792. The quantitative estimate of drug-likeness (QED) is 0.501. The number of carbonyl (C=O) groups is 3. The van der Waals surface area contributed by atoms with Gasteiger partial charge < -0.3 is 19.5 Å². The van der Waals surface area contributed by atoms with Crippen LogP contribution < -0.4 is 10.1 Å². The topological polar surface area (TPSA) is 90.9 Å². The van der Waals surface area contributed by atoms with E-state index in [9.17, 15) is 14.4 Å². The molecular formula is C23H27NO6. The zero-order valence-electron chi connectivity index (χ0n) is 17.6. The van der Waals surface area contributed by atoms with E-state index in [0.717, 1.165) is 0 Å². The van der Waals surface area contributed by atoms with Crippen molar-refractivity contribution in [2.45, 2.75) is 26.8 Å². The van der Waals surface area contributed by atoms with Crippen LogP contribution in [0.4, 0.5) is 0 Å². The van der Waals surface area contributed by atoms with Gasteiger partial charge >= 0.3 is 11.9 Å². The number of rotatable bonds is 9. The highest BCUT2D eigenvalue weighted by Crippen LogP contribution is 2.37. The molecule has 0 aliphatic rings.